The van der Waals surface area contributed by atoms with Gasteiger partial charge in [0.25, 0.3) is 0 Å². The van der Waals surface area contributed by atoms with Gasteiger partial charge in [0, 0.05) is 10.2 Å². The second-order valence-electron chi connectivity index (χ2n) is 3.22. The van der Waals surface area contributed by atoms with E-state index >= 15 is 0 Å². The molecule has 13 heavy (non-hydrogen) atoms. The number of nitrogens with one attached hydrogen (secondary N) is 2. The molecule has 0 bridgehead atoms. The molecule has 0 spiro atoms. The molecule has 0 radical (unpaired) electrons. The van der Waals surface area contributed by atoms with Crippen molar-refractivity contribution in [1.82, 2.24) is 10.6 Å². The lowest BCUT2D eigenvalue weighted by atomic mass is 10.3. The maximum atomic E-state index is 3.46. The highest BCUT2D eigenvalue weighted by Gasteiger charge is 1.99. The van der Waals surface area contributed by atoms with Crippen LogP contribution >= 0.6 is 0 Å². The van der Waals surface area contributed by atoms with Crippen LogP contribution in [0.15, 0.2) is 12.2 Å². The third-order valence-corrected chi connectivity index (χ3v) is 2.26. The summed E-state index contributed by atoms with van der Waals surface area (Å²) in [4.78, 5) is 0. The first kappa shape index (κ1) is 12.9. The molecule has 3 heteroatoms. The molecule has 0 amide bonds. The Kier molecular flexibility index (Phi) is 9.87. The smallest absolute Gasteiger partial charge is 0.0764 e. The van der Waals surface area contributed by atoms with Crippen molar-refractivity contribution in [2.45, 2.75) is 38.9 Å². The fraction of sp³-hybridized carbons (Fsp3) is 0.800. The van der Waals surface area contributed by atoms with Gasteiger partial charge in [-0.25, -0.2) is 0 Å². The van der Waals surface area contributed by atoms with Gasteiger partial charge in [0.2, 0.25) is 0 Å². The van der Waals surface area contributed by atoms with Crippen LogP contribution in [0.3, 0.4) is 0 Å². The van der Waals surface area contributed by atoms with E-state index in [0.29, 0.717) is 6.17 Å². The number of rotatable bonds is 8. The van der Waals surface area contributed by atoms with Crippen LogP contribution in [0, 0.1) is 0 Å². The van der Waals surface area contributed by atoms with Gasteiger partial charge in [0.15, 0.2) is 0 Å². The zero-order valence-electron chi connectivity index (χ0n) is 9.27. The molecule has 0 fully saturated rings. The molecule has 0 atom stereocenters. The van der Waals surface area contributed by atoms with Crippen molar-refractivity contribution < 1.29 is 0 Å². The lowest BCUT2D eigenvalue weighted by Gasteiger charge is -2.15. The molecule has 0 saturated carbocycles. The normalized spacial score (nSPS) is 11.9. The van der Waals surface area contributed by atoms with E-state index in [9.17, 15) is 0 Å². The minimum Gasteiger partial charge on any atom is -0.299 e. The third kappa shape index (κ3) is 8.21. The first-order valence-corrected chi connectivity index (χ1v) is 6.89. The molecular formula is C10H24N2Si. The summed E-state index contributed by atoms with van der Waals surface area (Å²) >= 11 is 0. The molecule has 2 nitrogen and oxygen atoms in total. The van der Waals surface area contributed by atoms with Gasteiger partial charge >= 0.3 is 0 Å². The highest BCUT2D eigenvalue weighted by Crippen LogP contribution is 1.86. The Morgan fingerprint density at radius 1 is 1.15 bits per heavy atom. The van der Waals surface area contributed by atoms with Gasteiger partial charge in [0.05, 0.1) is 6.17 Å². The summed E-state index contributed by atoms with van der Waals surface area (Å²) in [6.45, 7) is 6.57. The first-order valence-electron chi connectivity index (χ1n) is 5.48. The fourth-order valence-corrected chi connectivity index (χ4v) is 1.35. The zero-order chi connectivity index (χ0) is 9.94. The van der Waals surface area contributed by atoms with Crippen LogP contribution in [0.2, 0.25) is 6.04 Å². The number of allylic oxidation sites excluding steroid dienone is 1. The first-order chi connectivity index (χ1) is 6.35. The Balaban J connectivity index is 3.66. The Morgan fingerprint density at radius 2 is 1.69 bits per heavy atom. The highest BCUT2D eigenvalue weighted by atomic mass is 28.1. The third-order valence-electron chi connectivity index (χ3n) is 1.79. The van der Waals surface area contributed by atoms with Crippen LogP contribution in [0.4, 0.5) is 0 Å². The molecule has 0 saturated heterocycles. The van der Waals surface area contributed by atoms with Gasteiger partial charge in [-0.3, -0.25) is 10.6 Å². The molecule has 2 N–H and O–H groups in total. The van der Waals surface area contributed by atoms with Crippen LogP contribution in [-0.4, -0.2) is 29.5 Å². The largest absolute Gasteiger partial charge is 0.299 e. The summed E-state index contributed by atoms with van der Waals surface area (Å²) in [5.41, 5.74) is 0. The van der Waals surface area contributed by atoms with Crippen molar-refractivity contribution in [1.29, 1.82) is 0 Å². The summed E-state index contributed by atoms with van der Waals surface area (Å²) in [7, 11) is 1.26. The SMILES string of the molecule is CCCNC(C=CC[SiH3])NCCC. The minimum absolute atomic E-state index is 0.383. The summed E-state index contributed by atoms with van der Waals surface area (Å²) in [5, 5.41) is 6.91. The van der Waals surface area contributed by atoms with Crippen LogP contribution in [0.25, 0.3) is 0 Å². The van der Waals surface area contributed by atoms with Gasteiger partial charge in [-0.15, -0.1) is 0 Å². The van der Waals surface area contributed by atoms with Gasteiger partial charge in [-0.05, 0) is 32.0 Å². The zero-order valence-corrected chi connectivity index (χ0v) is 11.3. The van der Waals surface area contributed by atoms with Gasteiger partial charge in [0.1, 0.15) is 0 Å². The summed E-state index contributed by atoms with van der Waals surface area (Å²) in [6, 6.07) is 1.25. The van der Waals surface area contributed by atoms with Crippen LogP contribution in [0.5, 0.6) is 0 Å². The van der Waals surface area contributed by atoms with Crippen molar-refractivity contribution in [3.05, 3.63) is 12.2 Å². The summed E-state index contributed by atoms with van der Waals surface area (Å²) < 4.78 is 0. The molecule has 0 unspecified atom stereocenters. The van der Waals surface area contributed by atoms with Crippen molar-refractivity contribution >= 4 is 10.2 Å². The monoisotopic (exact) mass is 200 g/mol. The van der Waals surface area contributed by atoms with E-state index in [-0.39, 0.29) is 0 Å². The van der Waals surface area contributed by atoms with E-state index in [1.54, 1.807) is 0 Å². The predicted molar refractivity (Wildman–Crippen MR) is 64.3 cm³/mol. The van der Waals surface area contributed by atoms with E-state index < -0.39 is 0 Å². The molecular weight excluding hydrogens is 176 g/mol. The highest BCUT2D eigenvalue weighted by molar-refractivity contribution is 6.09. The Hall–Kier alpha value is -0.123. The molecule has 0 aromatic carbocycles. The van der Waals surface area contributed by atoms with Gasteiger partial charge in [-0.2, -0.15) is 0 Å². The molecule has 0 rings (SSSR count). The molecule has 0 aromatic rings. The van der Waals surface area contributed by atoms with Crippen LogP contribution in [0.1, 0.15) is 26.7 Å². The second-order valence-corrected chi connectivity index (χ2v) is 4.04. The molecule has 0 aliphatic heterocycles. The molecule has 0 aliphatic rings. The fourth-order valence-electron chi connectivity index (χ4n) is 1.08. The van der Waals surface area contributed by atoms with E-state index in [1.165, 1.54) is 29.1 Å². The van der Waals surface area contributed by atoms with E-state index in [2.05, 4.69) is 36.6 Å². The van der Waals surface area contributed by atoms with E-state index in [4.69, 9.17) is 0 Å². The lowest BCUT2D eigenvalue weighted by Crippen LogP contribution is -2.41. The van der Waals surface area contributed by atoms with Crippen molar-refractivity contribution in [2.24, 2.45) is 0 Å². The maximum Gasteiger partial charge on any atom is 0.0764 e. The van der Waals surface area contributed by atoms with Crippen LogP contribution in [-0.2, 0) is 0 Å². The average Bonchev–Trinajstić information content (AvgIpc) is 2.17. The summed E-state index contributed by atoms with van der Waals surface area (Å²) in [6.07, 6.45) is 7.28. The van der Waals surface area contributed by atoms with E-state index in [1.807, 2.05) is 0 Å². The second kappa shape index (κ2) is 9.96. The predicted octanol–water partition coefficient (Wildman–Crippen LogP) is 0.652. The topological polar surface area (TPSA) is 24.1 Å². The minimum atomic E-state index is 0.383. The van der Waals surface area contributed by atoms with E-state index in [0.717, 1.165) is 13.1 Å². The quantitative estimate of drug-likeness (QED) is 0.342. The molecule has 0 aliphatic carbocycles. The number of hydrogen-bond donors (Lipinski definition) is 2. The van der Waals surface area contributed by atoms with Crippen molar-refractivity contribution in [3.63, 3.8) is 0 Å². The molecule has 0 aromatic heterocycles. The number of hydrogen-bond acceptors (Lipinski definition) is 2. The van der Waals surface area contributed by atoms with Gasteiger partial charge < -0.3 is 0 Å². The average molecular weight is 200 g/mol. The van der Waals surface area contributed by atoms with Crippen LogP contribution < -0.4 is 10.6 Å². The molecule has 0 heterocycles. The Morgan fingerprint density at radius 3 is 2.08 bits per heavy atom. The Bertz CT molecular complexity index is 118. The summed E-state index contributed by atoms with van der Waals surface area (Å²) in [5.74, 6) is 0. The van der Waals surface area contributed by atoms with Crippen molar-refractivity contribution in [2.75, 3.05) is 13.1 Å². The van der Waals surface area contributed by atoms with Crippen molar-refractivity contribution in [3.8, 4) is 0 Å². The Labute approximate surface area is 85.6 Å². The lowest BCUT2D eigenvalue weighted by molar-refractivity contribution is 0.491. The molecule has 78 valence electrons. The van der Waals surface area contributed by atoms with Gasteiger partial charge in [-0.1, -0.05) is 26.0 Å². The standard InChI is InChI=1S/C10H24N2Si/c1-3-7-11-10(6-5-9-13)12-8-4-2/h5-6,10-12H,3-4,7-9H2,1-2,13H3. The maximum absolute atomic E-state index is 3.46.